The molecule has 0 bridgehead atoms. The Morgan fingerprint density at radius 2 is 2.27 bits per heavy atom. The van der Waals surface area contributed by atoms with Crippen LogP contribution in [0.5, 0.6) is 0 Å². The second-order valence-corrected chi connectivity index (χ2v) is 5.03. The highest BCUT2D eigenvalue weighted by Crippen LogP contribution is 2.37. The lowest BCUT2D eigenvalue weighted by Gasteiger charge is -2.54. The van der Waals surface area contributed by atoms with E-state index in [-0.39, 0.29) is 0 Å². The molecular weight excluding hydrogens is 186 g/mol. The number of rotatable bonds is 1. The van der Waals surface area contributed by atoms with E-state index >= 15 is 0 Å². The van der Waals surface area contributed by atoms with E-state index in [0.717, 1.165) is 19.8 Å². The molecule has 0 radical (unpaired) electrons. The molecule has 2 heteroatoms. The smallest absolute Gasteiger partial charge is 0.0651 e. The van der Waals surface area contributed by atoms with Crippen LogP contribution in [0.3, 0.4) is 0 Å². The van der Waals surface area contributed by atoms with Gasteiger partial charge in [0.05, 0.1) is 13.2 Å². The van der Waals surface area contributed by atoms with Crippen molar-refractivity contribution >= 4 is 0 Å². The van der Waals surface area contributed by atoms with Gasteiger partial charge in [0.2, 0.25) is 0 Å². The van der Waals surface area contributed by atoms with Crippen LogP contribution in [0.15, 0.2) is 0 Å². The van der Waals surface area contributed by atoms with Crippen LogP contribution in [0.1, 0.15) is 33.1 Å². The van der Waals surface area contributed by atoms with Crippen molar-refractivity contribution in [3.63, 3.8) is 0 Å². The van der Waals surface area contributed by atoms with Crippen LogP contribution < -0.4 is 0 Å². The third kappa shape index (κ3) is 2.35. The van der Waals surface area contributed by atoms with Gasteiger partial charge in [-0.05, 0) is 19.3 Å². The van der Waals surface area contributed by atoms with E-state index in [2.05, 4.69) is 30.6 Å². The Hall–Kier alpha value is -0.520. The van der Waals surface area contributed by atoms with E-state index in [4.69, 9.17) is 4.74 Å². The quantitative estimate of drug-likeness (QED) is 0.609. The van der Waals surface area contributed by atoms with E-state index in [9.17, 15) is 0 Å². The van der Waals surface area contributed by atoms with Gasteiger partial charge in [0.1, 0.15) is 0 Å². The van der Waals surface area contributed by atoms with Crippen LogP contribution in [0.4, 0.5) is 0 Å². The molecule has 2 nitrogen and oxygen atoms in total. The minimum absolute atomic E-state index is 0.365. The summed E-state index contributed by atoms with van der Waals surface area (Å²) in [5.41, 5.74) is 0.365. The van der Waals surface area contributed by atoms with Crippen molar-refractivity contribution < 1.29 is 4.74 Å². The summed E-state index contributed by atoms with van der Waals surface area (Å²) in [5.74, 6) is 7.00. The molecule has 0 aromatic rings. The lowest BCUT2D eigenvalue weighted by Crippen LogP contribution is -2.63. The summed E-state index contributed by atoms with van der Waals surface area (Å²) in [7, 11) is 0. The monoisotopic (exact) mass is 207 g/mol. The van der Waals surface area contributed by atoms with E-state index < -0.39 is 0 Å². The molecule has 2 fully saturated rings. The fraction of sp³-hybridized carbons (Fsp3) is 0.846. The van der Waals surface area contributed by atoms with Gasteiger partial charge < -0.3 is 4.74 Å². The summed E-state index contributed by atoms with van der Waals surface area (Å²) in [6.07, 6.45) is 3.82. The first-order valence-corrected chi connectivity index (χ1v) is 6.04. The second kappa shape index (κ2) is 4.55. The van der Waals surface area contributed by atoms with Crippen molar-refractivity contribution in [3.05, 3.63) is 0 Å². The average Bonchev–Trinajstić information content (AvgIpc) is 2.24. The Morgan fingerprint density at radius 1 is 1.40 bits per heavy atom. The summed E-state index contributed by atoms with van der Waals surface area (Å²) >= 11 is 0. The zero-order valence-corrected chi connectivity index (χ0v) is 9.88. The Balaban J connectivity index is 1.86. The van der Waals surface area contributed by atoms with Crippen LogP contribution in [0.25, 0.3) is 0 Å². The molecule has 2 saturated heterocycles. The zero-order valence-electron chi connectivity index (χ0n) is 9.88. The average molecular weight is 207 g/mol. The molecule has 15 heavy (non-hydrogen) atoms. The van der Waals surface area contributed by atoms with Gasteiger partial charge in [-0.3, -0.25) is 4.90 Å². The van der Waals surface area contributed by atoms with Crippen molar-refractivity contribution in [3.8, 4) is 11.8 Å². The SMILES string of the molecule is CC(C)C#CCN1CCC12CCCOC2. The molecule has 0 saturated carbocycles. The first kappa shape index (κ1) is 11.0. The van der Waals surface area contributed by atoms with E-state index in [1.54, 1.807) is 0 Å². The molecule has 2 aliphatic rings. The van der Waals surface area contributed by atoms with Gasteiger partial charge in [-0.1, -0.05) is 25.7 Å². The fourth-order valence-electron chi connectivity index (χ4n) is 2.46. The van der Waals surface area contributed by atoms with Crippen LogP contribution in [-0.2, 0) is 4.74 Å². The first-order valence-electron chi connectivity index (χ1n) is 6.04. The molecular formula is C13H21NO. The standard InChI is InChI=1S/C13H21NO/c1-12(2)5-3-8-14-9-7-13(14)6-4-10-15-11-13/h12H,4,6-11H2,1-2H3. The van der Waals surface area contributed by atoms with E-state index in [1.165, 1.54) is 25.8 Å². The lowest BCUT2D eigenvalue weighted by atomic mass is 9.80. The maximum Gasteiger partial charge on any atom is 0.0651 e. The largest absolute Gasteiger partial charge is 0.380 e. The van der Waals surface area contributed by atoms with Crippen LogP contribution in [0, 0.1) is 17.8 Å². The summed E-state index contributed by atoms with van der Waals surface area (Å²) < 4.78 is 5.60. The van der Waals surface area contributed by atoms with Gasteiger partial charge in [-0.15, -0.1) is 0 Å². The Bertz CT molecular complexity index is 268. The van der Waals surface area contributed by atoms with Gasteiger partial charge in [-0.25, -0.2) is 0 Å². The summed E-state index contributed by atoms with van der Waals surface area (Å²) in [6.45, 7) is 8.30. The molecule has 0 aromatic heterocycles. The van der Waals surface area contributed by atoms with Crippen molar-refractivity contribution in [2.45, 2.75) is 38.6 Å². The molecule has 84 valence electrons. The number of ether oxygens (including phenoxy) is 1. The van der Waals surface area contributed by atoms with Crippen molar-refractivity contribution in [1.82, 2.24) is 4.90 Å². The minimum Gasteiger partial charge on any atom is -0.380 e. The van der Waals surface area contributed by atoms with Crippen LogP contribution >= 0.6 is 0 Å². The second-order valence-electron chi connectivity index (χ2n) is 5.03. The number of nitrogens with zero attached hydrogens (tertiary/aromatic N) is 1. The van der Waals surface area contributed by atoms with Gasteiger partial charge in [-0.2, -0.15) is 0 Å². The molecule has 0 N–H and O–H groups in total. The number of likely N-dealkylation sites (tertiary alicyclic amines) is 1. The molecule has 2 rings (SSSR count). The predicted molar refractivity (Wildman–Crippen MR) is 61.6 cm³/mol. The van der Waals surface area contributed by atoms with Gasteiger partial charge in [0.25, 0.3) is 0 Å². The minimum atomic E-state index is 0.365. The number of hydrogen-bond acceptors (Lipinski definition) is 2. The Kier molecular flexibility index (Phi) is 3.33. The van der Waals surface area contributed by atoms with Crippen molar-refractivity contribution in [2.75, 3.05) is 26.3 Å². The van der Waals surface area contributed by atoms with Gasteiger partial charge in [0, 0.05) is 24.6 Å². The highest BCUT2D eigenvalue weighted by molar-refractivity contribution is 5.09. The van der Waals surface area contributed by atoms with Crippen molar-refractivity contribution in [1.29, 1.82) is 0 Å². The third-order valence-corrected chi connectivity index (χ3v) is 3.48. The predicted octanol–water partition coefficient (Wildman–Crippen LogP) is 1.90. The zero-order chi connectivity index (χ0) is 10.7. The van der Waals surface area contributed by atoms with Crippen LogP contribution in [-0.4, -0.2) is 36.7 Å². The fourth-order valence-corrected chi connectivity index (χ4v) is 2.46. The Morgan fingerprint density at radius 3 is 2.80 bits per heavy atom. The summed E-state index contributed by atoms with van der Waals surface area (Å²) in [5, 5.41) is 0. The summed E-state index contributed by atoms with van der Waals surface area (Å²) in [4.78, 5) is 2.50. The topological polar surface area (TPSA) is 12.5 Å². The highest BCUT2D eigenvalue weighted by atomic mass is 16.5. The molecule has 0 aromatic carbocycles. The van der Waals surface area contributed by atoms with Gasteiger partial charge >= 0.3 is 0 Å². The molecule has 2 aliphatic heterocycles. The first-order chi connectivity index (χ1) is 7.23. The highest BCUT2D eigenvalue weighted by Gasteiger charge is 2.45. The lowest BCUT2D eigenvalue weighted by molar-refractivity contribution is -0.102. The van der Waals surface area contributed by atoms with Gasteiger partial charge in [0.15, 0.2) is 0 Å². The van der Waals surface area contributed by atoms with Crippen LogP contribution in [0.2, 0.25) is 0 Å². The van der Waals surface area contributed by atoms with E-state index in [1.807, 2.05) is 0 Å². The maximum atomic E-state index is 5.60. The number of hydrogen-bond donors (Lipinski definition) is 0. The maximum absolute atomic E-state index is 5.60. The molecule has 2 heterocycles. The third-order valence-electron chi connectivity index (χ3n) is 3.48. The molecule has 0 aliphatic carbocycles. The van der Waals surface area contributed by atoms with Crippen molar-refractivity contribution in [2.24, 2.45) is 5.92 Å². The normalized spacial score (nSPS) is 31.1. The van der Waals surface area contributed by atoms with E-state index in [0.29, 0.717) is 11.5 Å². The molecule has 1 spiro atoms. The Labute approximate surface area is 93.0 Å². The molecule has 1 atom stereocenters. The molecule has 0 amide bonds. The summed E-state index contributed by atoms with van der Waals surface area (Å²) in [6, 6.07) is 0. The molecule has 1 unspecified atom stereocenters.